The molecule has 1 aliphatic rings. The summed E-state index contributed by atoms with van der Waals surface area (Å²) in [5.74, 6) is 2.20. The molecule has 0 bridgehead atoms. The zero-order valence-electron chi connectivity index (χ0n) is 20.5. The number of carbonyl (C=O) groups is 1. The molecule has 0 saturated carbocycles. The third-order valence-electron chi connectivity index (χ3n) is 5.58. The van der Waals surface area contributed by atoms with E-state index in [-0.39, 0.29) is 18.7 Å². The van der Waals surface area contributed by atoms with E-state index in [1.807, 2.05) is 49.4 Å². The molecule has 1 N–H and O–H groups in total. The van der Waals surface area contributed by atoms with Crippen LogP contribution in [0.15, 0.2) is 66.7 Å². The maximum atomic E-state index is 12.9. The summed E-state index contributed by atoms with van der Waals surface area (Å²) in [6.07, 6.45) is 0. The van der Waals surface area contributed by atoms with Crippen LogP contribution in [0.2, 0.25) is 0 Å². The van der Waals surface area contributed by atoms with Crippen molar-refractivity contribution in [2.45, 2.75) is 6.92 Å². The summed E-state index contributed by atoms with van der Waals surface area (Å²) in [7, 11) is 1.62. The lowest BCUT2D eigenvalue weighted by Gasteiger charge is -2.10. The summed E-state index contributed by atoms with van der Waals surface area (Å²) in [5, 5.41) is 7.50. The van der Waals surface area contributed by atoms with Crippen LogP contribution in [0.1, 0.15) is 17.3 Å². The first-order valence-electron chi connectivity index (χ1n) is 11.8. The highest BCUT2D eigenvalue weighted by molar-refractivity contribution is 6.04. The molecule has 1 aromatic heterocycles. The zero-order valence-corrected chi connectivity index (χ0v) is 20.5. The Bertz CT molecular complexity index is 1390. The topological polar surface area (TPSA) is 106 Å². The minimum atomic E-state index is -0.274. The van der Waals surface area contributed by atoms with Gasteiger partial charge in [-0.05, 0) is 67.6 Å². The molecule has 10 heteroatoms. The second-order valence-electron chi connectivity index (χ2n) is 7.98. The van der Waals surface area contributed by atoms with Crippen molar-refractivity contribution >= 4 is 11.6 Å². The lowest BCUT2D eigenvalue weighted by Crippen LogP contribution is -2.12. The van der Waals surface area contributed by atoms with Gasteiger partial charge in [0.2, 0.25) is 6.79 Å². The van der Waals surface area contributed by atoms with Crippen LogP contribution in [-0.2, 0) is 4.74 Å². The van der Waals surface area contributed by atoms with Crippen LogP contribution < -0.4 is 24.3 Å². The SMILES string of the molecule is CCOCCOc1nc(-c2ccc(OC)cc2)n(-c2cccc(NC(=O)c3ccc4c(c3)OCO4)c2)n1. The number of fused-ring (bicyclic) bond motifs is 1. The Labute approximate surface area is 213 Å². The molecule has 0 spiro atoms. The Morgan fingerprint density at radius 1 is 1.03 bits per heavy atom. The monoisotopic (exact) mass is 502 g/mol. The normalized spacial score (nSPS) is 11.8. The predicted octanol–water partition coefficient (Wildman–Crippen LogP) is 4.34. The van der Waals surface area contributed by atoms with Gasteiger partial charge < -0.3 is 29.0 Å². The minimum Gasteiger partial charge on any atom is -0.497 e. The quantitative estimate of drug-likeness (QED) is 0.319. The van der Waals surface area contributed by atoms with Crippen LogP contribution >= 0.6 is 0 Å². The largest absolute Gasteiger partial charge is 0.497 e. The van der Waals surface area contributed by atoms with Gasteiger partial charge in [-0.15, -0.1) is 5.10 Å². The molecule has 1 aliphatic heterocycles. The van der Waals surface area contributed by atoms with Gasteiger partial charge in [0.15, 0.2) is 17.3 Å². The lowest BCUT2D eigenvalue weighted by molar-refractivity contribution is 0.102. The number of aromatic nitrogens is 3. The van der Waals surface area contributed by atoms with Crippen molar-refractivity contribution in [3.8, 4) is 40.3 Å². The van der Waals surface area contributed by atoms with Crippen LogP contribution in [-0.4, -0.2) is 54.4 Å². The molecule has 4 aromatic rings. The Kier molecular flexibility index (Phi) is 7.18. The van der Waals surface area contributed by atoms with Crippen molar-refractivity contribution in [1.82, 2.24) is 14.8 Å². The van der Waals surface area contributed by atoms with Gasteiger partial charge in [0.25, 0.3) is 5.91 Å². The molecule has 0 fully saturated rings. The number of benzene rings is 3. The minimum absolute atomic E-state index is 0.147. The van der Waals surface area contributed by atoms with E-state index >= 15 is 0 Å². The lowest BCUT2D eigenvalue weighted by atomic mass is 10.1. The van der Waals surface area contributed by atoms with Gasteiger partial charge in [0.05, 0.1) is 19.4 Å². The summed E-state index contributed by atoms with van der Waals surface area (Å²) in [6, 6.07) is 20.1. The van der Waals surface area contributed by atoms with Crippen molar-refractivity contribution < 1.29 is 28.5 Å². The van der Waals surface area contributed by atoms with Gasteiger partial charge >= 0.3 is 6.01 Å². The number of carbonyl (C=O) groups excluding carboxylic acids is 1. The number of nitrogens with zero attached hydrogens (tertiary/aromatic N) is 3. The van der Waals surface area contributed by atoms with E-state index in [4.69, 9.17) is 23.7 Å². The van der Waals surface area contributed by atoms with Gasteiger partial charge in [-0.3, -0.25) is 4.79 Å². The average Bonchev–Trinajstić information content (AvgIpc) is 3.58. The molecule has 190 valence electrons. The molecule has 1 amide bonds. The van der Waals surface area contributed by atoms with E-state index < -0.39 is 0 Å². The predicted molar refractivity (Wildman–Crippen MR) is 136 cm³/mol. The van der Waals surface area contributed by atoms with Crippen molar-refractivity contribution in [1.29, 1.82) is 0 Å². The highest BCUT2D eigenvalue weighted by atomic mass is 16.7. The molecular weight excluding hydrogens is 476 g/mol. The van der Waals surface area contributed by atoms with Gasteiger partial charge in [-0.25, -0.2) is 4.68 Å². The van der Waals surface area contributed by atoms with Crippen molar-refractivity contribution in [3.63, 3.8) is 0 Å². The highest BCUT2D eigenvalue weighted by Gasteiger charge is 2.18. The number of anilines is 1. The van der Waals surface area contributed by atoms with Crippen molar-refractivity contribution in [2.75, 3.05) is 39.0 Å². The molecular formula is C27H26N4O6. The van der Waals surface area contributed by atoms with Crippen molar-refractivity contribution in [2.24, 2.45) is 0 Å². The van der Waals surface area contributed by atoms with Gasteiger partial charge in [-0.2, -0.15) is 4.98 Å². The molecule has 5 rings (SSSR count). The Hall–Kier alpha value is -4.57. The molecule has 37 heavy (non-hydrogen) atoms. The third kappa shape index (κ3) is 5.49. The first-order valence-corrected chi connectivity index (χ1v) is 11.8. The Morgan fingerprint density at radius 3 is 2.68 bits per heavy atom. The fraction of sp³-hybridized carbons (Fsp3) is 0.222. The summed E-state index contributed by atoms with van der Waals surface area (Å²) in [4.78, 5) is 17.5. The molecule has 2 heterocycles. The number of methoxy groups -OCH3 is 1. The van der Waals surface area contributed by atoms with Crippen LogP contribution in [0.3, 0.4) is 0 Å². The van der Waals surface area contributed by atoms with Gasteiger partial charge in [0, 0.05) is 23.4 Å². The van der Waals surface area contributed by atoms with Gasteiger partial charge in [0.1, 0.15) is 12.4 Å². The molecule has 10 nitrogen and oxygen atoms in total. The molecule has 0 unspecified atom stereocenters. The number of ether oxygens (including phenoxy) is 5. The number of hydrogen-bond acceptors (Lipinski definition) is 8. The fourth-order valence-corrected chi connectivity index (χ4v) is 3.75. The van der Waals surface area contributed by atoms with E-state index in [0.717, 1.165) is 11.3 Å². The summed E-state index contributed by atoms with van der Waals surface area (Å²) in [5.41, 5.74) is 2.57. The van der Waals surface area contributed by atoms with Crippen LogP contribution in [0, 0.1) is 0 Å². The van der Waals surface area contributed by atoms with Gasteiger partial charge in [-0.1, -0.05) is 6.07 Å². The van der Waals surface area contributed by atoms with Crippen LogP contribution in [0.5, 0.6) is 23.3 Å². The Morgan fingerprint density at radius 2 is 1.86 bits per heavy atom. The van der Waals surface area contributed by atoms with E-state index in [1.54, 1.807) is 36.1 Å². The zero-order chi connectivity index (χ0) is 25.6. The standard InChI is InChI=1S/C27H26N4O6/c1-3-34-13-14-35-27-29-25(18-7-10-22(33-2)11-8-18)31(30-27)21-6-4-5-20(16-21)28-26(32)19-9-12-23-24(15-19)37-17-36-23/h4-12,15-16H,3,13-14,17H2,1-2H3,(H,28,32). The smallest absolute Gasteiger partial charge is 0.336 e. The third-order valence-corrected chi connectivity index (χ3v) is 5.58. The number of amides is 1. The second-order valence-corrected chi connectivity index (χ2v) is 7.98. The highest BCUT2D eigenvalue weighted by Crippen LogP contribution is 2.33. The number of rotatable bonds is 10. The van der Waals surface area contributed by atoms with E-state index in [9.17, 15) is 4.79 Å². The van der Waals surface area contributed by atoms with E-state index in [0.29, 0.717) is 54.1 Å². The number of nitrogens with one attached hydrogen (secondary N) is 1. The summed E-state index contributed by atoms with van der Waals surface area (Å²) >= 11 is 0. The van der Waals surface area contributed by atoms with Crippen LogP contribution in [0.4, 0.5) is 5.69 Å². The maximum absolute atomic E-state index is 12.9. The summed E-state index contributed by atoms with van der Waals surface area (Å²) in [6.45, 7) is 3.43. The molecule has 0 aliphatic carbocycles. The molecule has 0 atom stereocenters. The first kappa shape index (κ1) is 24.1. The van der Waals surface area contributed by atoms with E-state index in [1.165, 1.54) is 0 Å². The Balaban J connectivity index is 1.41. The fourth-order valence-electron chi connectivity index (χ4n) is 3.75. The van der Waals surface area contributed by atoms with E-state index in [2.05, 4.69) is 15.4 Å². The summed E-state index contributed by atoms with van der Waals surface area (Å²) < 4.78 is 28.7. The molecule has 0 radical (unpaired) electrons. The van der Waals surface area contributed by atoms with Crippen LogP contribution in [0.25, 0.3) is 17.1 Å². The first-order chi connectivity index (χ1) is 18.1. The maximum Gasteiger partial charge on any atom is 0.336 e. The molecule has 3 aromatic carbocycles. The van der Waals surface area contributed by atoms with Crippen molar-refractivity contribution in [3.05, 3.63) is 72.3 Å². The second kappa shape index (κ2) is 11.0. The number of hydrogen-bond donors (Lipinski definition) is 1. The molecule has 0 saturated heterocycles. The average molecular weight is 503 g/mol.